The third-order valence-electron chi connectivity index (χ3n) is 6.32. The first kappa shape index (κ1) is 20.8. The van der Waals surface area contributed by atoms with Gasteiger partial charge in [-0.3, -0.25) is 4.90 Å². The summed E-state index contributed by atoms with van der Waals surface area (Å²) in [5, 5.41) is 2.81. The summed E-state index contributed by atoms with van der Waals surface area (Å²) in [6.07, 6.45) is 4.30. The predicted molar refractivity (Wildman–Crippen MR) is 101 cm³/mol. The molecule has 0 aromatic carbocycles. The molecule has 1 atom stereocenters. The summed E-state index contributed by atoms with van der Waals surface area (Å²) in [4.78, 5) is 16.0. The van der Waals surface area contributed by atoms with Gasteiger partial charge in [0.1, 0.15) is 5.60 Å². The number of alkyl halides is 2. The highest BCUT2D eigenvalue weighted by atomic mass is 19.3. The second kappa shape index (κ2) is 8.19. The lowest BCUT2D eigenvalue weighted by molar-refractivity contribution is -0.104. The SMILES string of the molecule is CC(C)(C)OC(=O)N1CCC(C2CCN(C3CCNCC3(F)F)CC2)CC1. The van der Waals surface area contributed by atoms with E-state index in [0.717, 1.165) is 51.9 Å². The maximum atomic E-state index is 14.2. The Labute approximate surface area is 161 Å². The average Bonchev–Trinajstić information content (AvgIpc) is 2.60. The standard InChI is InChI=1S/C20H35F2N3O2/c1-19(2,3)27-18(26)25-12-7-16(8-13-25)15-5-10-24(11-6-15)17-4-9-23-14-20(17,21)22/h15-17,23H,4-14H2,1-3H3. The van der Waals surface area contributed by atoms with Crippen LogP contribution in [-0.4, -0.2) is 72.7 Å². The maximum absolute atomic E-state index is 14.2. The summed E-state index contributed by atoms with van der Waals surface area (Å²) in [6.45, 7) is 9.18. The highest BCUT2D eigenvalue weighted by Crippen LogP contribution is 2.36. The summed E-state index contributed by atoms with van der Waals surface area (Å²) in [5.41, 5.74) is -0.461. The Bertz CT molecular complexity index is 508. The highest BCUT2D eigenvalue weighted by Gasteiger charge is 2.46. The molecule has 3 rings (SSSR count). The number of ether oxygens (including phenoxy) is 1. The van der Waals surface area contributed by atoms with Gasteiger partial charge < -0.3 is 15.0 Å². The Hall–Kier alpha value is -0.950. The van der Waals surface area contributed by atoms with Crippen molar-refractivity contribution in [1.82, 2.24) is 15.1 Å². The molecule has 0 saturated carbocycles. The fourth-order valence-corrected chi connectivity index (χ4v) is 4.85. The van der Waals surface area contributed by atoms with Crippen molar-refractivity contribution in [2.75, 3.05) is 39.3 Å². The Morgan fingerprint density at radius 3 is 2.07 bits per heavy atom. The Morgan fingerprint density at radius 1 is 1.00 bits per heavy atom. The van der Waals surface area contributed by atoms with E-state index in [1.54, 1.807) is 0 Å². The summed E-state index contributed by atoms with van der Waals surface area (Å²) < 4.78 is 33.8. The molecular weight excluding hydrogens is 352 g/mol. The number of nitrogens with zero attached hydrogens (tertiary/aromatic N) is 2. The number of carbonyl (C=O) groups is 1. The summed E-state index contributed by atoms with van der Waals surface area (Å²) in [5.74, 6) is -1.43. The fourth-order valence-electron chi connectivity index (χ4n) is 4.85. The van der Waals surface area contributed by atoms with Crippen molar-refractivity contribution in [2.24, 2.45) is 11.8 Å². The molecule has 0 aliphatic carbocycles. The van der Waals surface area contributed by atoms with Crippen molar-refractivity contribution >= 4 is 6.09 Å². The molecule has 0 aromatic rings. The van der Waals surface area contributed by atoms with E-state index in [0.29, 0.717) is 24.8 Å². The minimum atomic E-state index is -2.62. The normalized spacial score (nSPS) is 28.9. The number of carbonyl (C=O) groups excluding carboxylic acids is 1. The maximum Gasteiger partial charge on any atom is 0.410 e. The molecule has 27 heavy (non-hydrogen) atoms. The molecule has 1 N–H and O–H groups in total. The van der Waals surface area contributed by atoms with E-state index in [9.17, 15) is 13.6 Å². The summed E-state index contributed by atoms with van der Waals surface area (Å²) in [6, 6.07) is -0.603. The molecule has 3 aliphatic heterocycles. The minimum Gasteiger partial charge on any atom is -0.444 e. The fraction of sp³-hybridized carbons (Fsp3) is 0.950. The predicted octanol–water partition coefficient (Wildman–Crippen LogP) is 3.34. The first-order chi connectivity index (χ1) is 12.7. The van der Waals surface area contributed by atoms with Crippen molar-refractivity contribution in [3.63, 3.8) is 0 Å². The van der Waals surface area contributed by atoms with Crippen LogP contribution < -0.4 is 5.32 Å². The lowest BCUT2D eigenvalue weighted by Crippen LogP contribution is -2.59. The van der Waals surface area contributed by atoms with Crippen LogP contribution >= 0.6 is 0 Å². The van der Waals surface area contributed by atoms with Crippen molar-refractivity contribution in [3.8, 4) is 0 Å². The van der Waals surface area contributed by atoms with Crippen molar-refractivity contribution in [1.29, 1.82) is 0 Å². The molecule has 0 radical (unpaired) electrons. The lowest BCUT2D eigenvalue weighted by Gasteiger charge is -2.45. The van der Waals surface area contributed by atoms with Crippen LogP contribution in [0.15, 0.2) is 0 Å². The van der Waals surface area contributed by atoms with Gasteiger partial charge in [-0.15, -0.1) is 0 Å². The first-order valence-corrected chi connectivity index (χ1v) is 10.5. The zero-order valence-electron chi connectivity index (χ0n) is 17.0. The monoisotopic (exact) mass is 387 g/mol. The zero-order valence-corrected chi connectivity index (χ0v) is 17.0. The highest BCUT2D eigenvalue weighted by molar-refractivity contribution is 5.68. The molecule has 0 bridgehead atoms. The first-order valence-electron chi connectivity index (χ1n) is 10.5. The van der Waals surface area contributed by atoms with Gasteiger partial charge in [0.15, 0.2) is 0 Å². The van der Waals surface area contributed by atoms with Crippen molar-refractivity contribution in [2.45, 2.75) is 70.4 Å². The van der Waals surface area contributed by atoms with Crippen LogP contribution in [0.4, 0.5) is 13.6 Å². The third-order valence-corrected chi connectivity index (χ3v) is 6.32. The number of rotatable bonds is 2. The number of halogens is 2. The van der Waals surface area contributed by atoms with Crippen LogP contribution in [0.5, 0.6) is 0 Å². The van der Waals surface area contributed by atoms with E-state index in [-0.39, 0.29) is 12.6 Å². The minimum absolute atomic E-state index is 0.194. The number of hydrogen-bond donors (Lipinski definition) is 1. The third kappa shape index (κ3) is 5.31. The van der Waals surface area contributed by atoms with Crippen LogP contribution in [0.1, 0.15) is 52.9 Å². The van der Waals surface area contributed by atoms with E-state index in [1.165, 1.54) is 0 Å². The number of hydrogen-bond acceptors (Lipinski definition) is 4. The van der Waals surface area contributed by atoms with E-state index in [2.05, 4.69) is 5.32 Å². The van der Waals surface area contributed by atoms with Crippen LogP contribution in [0.3, 0.4) is 0 Å². The van der Waals surface area contributed by atoms with E-state index >= 15 is 0 Å². The second-order valence-corrected chi connectivity index (χ2v) is 9.42. The second-order valence-electron chi connectivity index (χ2n) is 9.42. The van der Waals surface area contributed by atoms with Gasteiger partial charge in [-0.2, -0.15) is 0 Å². The summed E-state index contributed by atoms with van der Waals surface area (Å²) in [7, 11) is 0. The Balaban J connectivity index is 1.44. The Morgan fingerprint density at radius 2 is 1.56 bits per heavy atom. The van der Waals surface area contributed by atoms with Gasteiger partial charge >= 0.3 is 6.09 Å². The van der Waals surface area contributed by atoms with Crippen molar-refractivity contribution < 1.29 is 18.3 Å². The van der Waals surface area contributed by atoms with E-state index in [1.807, 2.05) is 30.6 Å². The topological polar surface area (TPSA) is 44.8 Å². The molecule has 3 fully saturated rings. The number of piperidine rings is 3. The van der Waals surface area contributed by atoms with Crippen LogP contribution in [0.25, 0.3) is 0 Å². The molecular formula is C20H35F2N3O2. The van der Waals surface area contributed by atoms with Gasteiger partial charge in [0.25, 0.3) is 5.92 Å². The molecule has 3 aliphatic rings. The number of amides is 1. The van der Waals surface area contributed by atoms with E-state index < -0.39 is 17.6 Å². The summed E-state index contributed by atoms with van der Waals surface area (Å²) >= 11 is 0. The molecule has 156 valence electrons. The lowest BCUT2D eigenvalue weighted by atomic mass is 9.78. The van der Waals surface area contributed by atoms with Crippen molar-refractivity contribution in [3.05, 3.63) is 0 Å². The molecule has 5 nitrogen and oxygen atoms in total. The average molecular weight is 388 g/mol. The molecule has 1 amide bonds. The molecule has 0 aromatic heterocycles. The van der Waals surface area contributed by atoms with Crippen LogP contribution in [0, 0.1) is 11.8 Å². The van der Waals surface area contributed by atoms with Crippen LogP contribution in [0.2, 0.25) is 0 Å². The van der Waals surface area contributed by atoms with Gasteiger partial charge in [0.05, 0.1) is 12.6 Å². The van der Waals surface area contributed by atoms with E-state index in [4.69, 9.17) is 4.74 Å². The van der Waals surface area contributed by atoms with Crippen LogP contribution in [-0.2, 0) is 4.74 Å². The van der Waals surface area contributed by atoms with Gasteiger partial charge in [0, 0.05) is 13.1 Å². The quantitative estimate of drug-likeness (QED) is 0.789. The zero-order chi connectivity index (χ0) is 19.7. The molecule has 0 spiro atoms. The molecule has 3 heterocycles. The largest absolute Gasteiger partial charge is 0.444 e. The molecule has 1 unspecified atom stereocenters. The Kier molecular flexibility index (Phi) is 6.31. The number of nitrogens with one attached hydrogen (secondary N) is 1. The van der Waals surface area contributed by atoms with Gasteiger partial charge in [-0.05, 0) is 84.3 Å². The molecule has 7 heteroatoms. The van der Waals surface area contributed by atoms with Gasteiger partial charge in [-0.1, -0.05) is 0 Å². The van der Waals surface area contributed by atoms with Gasteiger partial charge in [0.2, 0.25) is 0 Å². The van der Waals surface area contributed by atoms with Gasteiger partial charge in [-0.25, -0.2) is 13.6 Å². The molecule has 3 saturated heterocycles. The smallest absolute Gasteiger partial charge is 0.410 e. The number of likely N-dealkylation sites (tertiary alicyclic amines) is 2.